The molecule has 0 saturated heterocycles. The Morgan fingerprint density at radius 1 is 1.24 bits per heavy atom. The molecule has 2 aromatic rings. The van der Waals surface area contributed by atoms with Crippen LogP contribution in [0.25, 0.3) is 0 Å². The number of hydrazine groups is 1. The first kappa shape index (κ1) is 16.3. The SMILES string of the molecule is CC(Oc1cccc(Cl)c1)C(Cc1ccc(Br)cc1)NN. The van der Waals surface area contributed by atoms with Crippen LogP contribution < -0.4 is 16.0 Å². The van der Waals surface area contributed by atoms with Gasteiger partial charge in [0.25, 0.3) is 0 Å². The van der Waals surface area contributed by atoms with Crippen molar-refractivity contribution in [2.75, 3.05) is 0 Å². The van der Waals surface area contributed by atoms with Gasteiger partial charge in [-0.05, 0) is 49.2 Å². The number of nitrogens with one attached hydrogen (secondary N) is 1. The van der Waals surface area contributed by atoms with Crippen molar-refractivity contribution in [2.45, 2.75) is 25.5 Å². The van der Waals surface area contributed by atoms with Gasteiger partial charge in [0.05, 0.1) is 6.04 Å². The molecule has 0 spiro atoms. The van der Waals surface area contributed by atoms with E-state index in [4.69, 9.17) is 22.2 Å². The van der Waals surface area contributed by atoms with Crippen LogP contribution in [0.1, 0.15) is 12.5 Å². The molecule has 3 nitrogen and oxygen atoms in total. The van der Waals surface area contributed by atoms with Crippen LogP contribution in [0.5, 0.6) is 5.75 Å². The summed E-state index contributed by atoms with van der Waals surface area (Å²) in [5.74, 6) is 6.41. The predicted octanol–water partition coefficient (Wildman–Crippen LogP) is 3.94. The Kier molecular flexibility index (Phi) is 6.06. The van der Waals surface area contributed by atoms with E-state index in [1.807, 2.05) is 37.3 Å². The van der Waals surface area contributed by atoms with Crippen LogP contribution in [0.3, 0.4) is 0 Å². The number of benzene rings is 2. The molecule has 21 heavy (non-hydrogen) atoms. The van der Waals surface area contributed by atoms with E-state index in [9.17, 15) is 0 Å². The van der Waals surface area contributed by atoms with Crippen LogP contribution in [-0.4, -0.2) is 12.1 Å². The van der Waals surface area contributed by atoms with Gasteiger partial charge in [0, 0.05) is 9.50 Å². The fraction of sp³-hybridized carbons (Fsp3) is 0.250. The van der Waals surface area contributed by atoms with Crippen molar-refractivity contribution in [2.24, 2.45) is 5.84 Å². The van der Waals surface area contributed by atoms with Crippen LogP contribution >= 0.6 is 27.5 Å². The van der Waals surface area contributed by atoms with Crippen LogP contribution in [0.4, 0.5) is 0 Å². The highest BCUT2D eigenvalue weighted by molar-refractivity contribution is 9.10. The van der Waals surface area contributed by atoms with E-state index in [0.717, 1.165) is 16.6 Å². The molecule has 0 aliphatic heterocycles. The van der Waals surface area contributed by atoms with Crippen LogP contribution in [0.15, 0.2) is 53.0 Å². The summed E-state index contributed by atoms with van der Waals surface area (Å²) in [5.41, 5.74) is 4.03. The molecule has 112 valence electrons. The molecule has 2 atom stereocenters. The molecule has 0 bridgehead atoms. The standard InChI is InChI=1S/C16H18BrClN2O/c1-11(21-15-4-2-3-14(18)10-15)16(20-19)9-12-5-7-13(17)8-6-12/h2-8,10-11,16,20H,9,19H2,1H3. The maximum atomic E-state index is 5.96. The highest BCUT2D eigenvalue weighted by atomic mass is 79.9. The summed E-state index contributed by atoms with van der Waals surface area (Å²) in [5, 5.41) is 0.657. The number of ether oxygens (including phenoxy) is 1. The third-order valence-electron chi connectivity index (χ3n) is 3.27. The summed E-state index contributed by atoms with van der Waals surface area (Å²) in [6.45, 7) is 1.99. The summed E-state index contributed by atoms with van der Waals surface area (Å²) in [7, 11) is 0. The Morgan fingerprint density at radius 2 is 1.95 bits per heavy atom. The van der Waals surface area contributed by atoms with Gasteiger partial charge >= 0.3 is 0 Å². The second kappa shape index (κ2) is 7.80. The average molecular weight is 370 g/mol. The van der Waals surface area contributed by atoms with Crippen molar-refractivity contribution >= 4 is 27.5 Å². The highest BCUT2D eigenvalue weighted by Crippen LogP contribution is 2.20. The molecule has 3 N–H and O–H groups in total. The fourth-order valence-corrected chi connectivity index (χ4v) is 2.52. The van der Waals surface area contributed by atoms with Gasteiger partial charge in [-0.25, -0.2) is 0 Å². The van der Waals surface area contributed by atoms with E-state index in [-0.39, 0.29) is 12.1 Å². The summed E-state index contributed by atoms with van der Waals surface area (Å²) in [6.07, 6.45) is 0.697. The van der Waals surface area contributed by atoms with E-state index in [1.165, 1.54) is 5.56 Å². The second-order valence-corrected chi connectivity index (χ2v) is 6.24. The summed E-state index contributed by atoms with van der Waals surface area (Å²) in [6, 6.07) is 15.5. The van der Waals surface area contributed by atoms with E-state index < -0.39 is 0 Å². The van der Waals surface area contributed by atoms with Gasteiger partial charge in [0.2, 0.25) is 0 Å². The monoisotopic (exact) mass is 368 g/mol. The van der Waals surface area contributed by atoms with E-state index in [2.05, 4.69) is 33.5 Å². The molecule has 2 unspecified atom stereocenters. The van der Waals surface area contributed by atoms with Gasteiger partial charge in [-0.1, -0.05) is 45.7 Å². The van der Waals surface area contributed by atoms with Gasteiger partial charge in [-0.3, -0.25) is 11.3 Å². The molecule has 0 amide bonds. The summed E-state index contributed by atoms with van der Waals surface area (Å²) in [4.78, 5) is 0. The largest absolute Gasteiger partial charge is 0.489 e. The second-order valence-electron chi connectivity index (χ2n) is 4.88. The lowest BCUT2D eigenvalue weighted by Crippen LogP contribution is -2.46. The smallest absolute Gasteiger partial charge is 0.121 e. The molecular weight excluding hydrogens is 352 g/mol. The minimum absolute atomic E-state index is 0.00478. The maximum Gasteiger partial charge on any atom is 0.121 e. The molecule has 5 heteroatoms. The Balaban J connectivity index is 2.01. The van der Waals surface area contributed by atoms with Crippen molar-refractivity contribution in [3.63, 3.8) is 0 Å². The van der Waals surface area contributed by atoms with Gasteiger partial charge in [0.15, 0.2) is 0 Å². The first-order chi connectivity index (χ1) is 10.1. The summed E-state index contributed by atoms with van der Waals surface area (Å²) >= 11 is 9.39. The Morgan fingerprint density at radius 3 is 2.57 bits per heavy atom. The molecule has 2 rings (SSSR count). The van der Waals surface area contributed by atoms with E-state index in [1.54, 1.807) is 6.07 Å². The molecule has 0 aromatic heterocycles. The van der Waals surface area contributed by atoms with Crippen LogP contribution in [0, 0.1) is 0 Å². The maximum absolute atomic E-state index is 5.96. The molecule has 0 heterocycles. The van der Waals surface area contributed by atoms with Crippen molar-refractivity contribution in [3.05, 3.63) is 63.6 Å². The zero-order valence-corrected chi connectivity index (χ0v) is 14.1. The lowest BCUT2D eigenvalue weighted by Gasteiger charge is -2.24. The normalized spacial score (nSPS) is 13.7. The zero-order valence-electron chi connectivity index (χ0n) is 11.7. The first-order valence-electron chi connectivity index (χ1n) is 6.71. The van der Waals surface area contributed by atoms with Gasteiger partial charge in [0.1, 0.15) is 11.9 Å². The van der Waals surface area contributed by atoms with Crippen LogP contribution in [0.2, 0.25) is 5.02 Å². The number of hydrogen-bond donors (Lipinski definition) is 2. The van der Waals surface area contributed by atoms with E-state index >= 15 is 0 Å². The molecule has 0 fully saturated rings. The molecule has 0 aliphatic carbocycles. The predicted molar refractivity (Wildman–Crippen MR) is 90.5 cm³/mol. The fourth-order valence-electron chi connectivity index (χ4n) is 2.07. The number of halogens is 2. The number of rotatable bonds is 6. The first-order valence-corrected chi connectivity index (χ1v) is 7.88. The molecule has 2 aromatic carbocycles. The van der Waals surface area contributed by atoms with Gasteiger partial charge in [-0.2, -0.15) is 0 Å². The van der Waals surface area contributed by atoms with Gasteiger partial charge in [-0.15, -0.1) is 0 Å². The van der Waals surface area contributed by atoms with Gasteiger partial charge < -0.3 is 4.74 Å². The third-order valence-corrected chi connectivity index (χ3v) is 4.03. The number of hydrogen-bond acceptors (Lipinski definition) is 3. The van der Waals surface area contributed by atoms with E-state index in [0.29, 0.717) is 5.02 Å². The Hall–Kier alpha value is -1.07. The minimum atomic E-state index is -0.0860. The Bertz CT molecular complexity index is 577. The third kappa shape index (κ3) is 5.00. The van der Waals surface area contributed by atoms with Crippen LogP contribution in [-0.2, 0) is 6.42 Å². The molecule has 0 saturated carbocycles. The van der Waals surface area contributed by atoms with Crippen molar-refractivity contribution in [1.82, 2.24) is 5.43 Å². The minimum Gasteiger partial charge on any atom is -0.489 e. The lowest BCUT2D eigenvalue weighted by atomic mass is 10.0. The quantitative estimate of drug-likeness (QED) is 0.599. The van der Waals surface area contributed by atoms with Crippen molar-refractivity contribution in [1.29, 1.82) is 0 Å². The highest BCUT2D eigenvalue weighted by Gasteiger charge is 2.18. The zero-order chi connectivity index (χ0) is 15.2. The Labute approximate surface area is 138 Å². The average Bonchev–Trinajstić information content (AvgIpc) is 2.46. The topological polar surface area (TPSA) is 47.3 Å². The van der Waals surface area contributed by atoms with Crippen molar-refractivity contribution in [3.8, 4) is 5.75 Å². The van der Waals surface area contributed by atoms with Crippen molar-refractivity contribution < 1.29 is 4.74 Å². The lowest BCUT2D eigenvalue weighted by molar-refractivity contribution is 0.169. The molecule has 0 radical (unpaired) electrons. The molecule has 0 aliphatic rings. The summed E-state index contributed by atoms with van der Waals surface area (Å²) < 4.78 is 6.97. The molecular formula is C16H18BrClN2O. The number of nitrogens with two attached hydrogens (primary N) is 1.